The number of carbonyl (C=O) groups is 3. The van der Waals surface area contributed by atoms with Crippen LogP contribution < -0.4 is 25.0 Å². The number of hydrogen-bond donors (Lipinski definition) is 2. The van der Waals surface area contributed by atoms with Crippen molar-refractivity contribution in [2.45, 2.75) is 46.3 Å². The van der Waals surface area contributed by atoms with Crippen LogP contribution in [-0.2, 0) is 19.1 Å². The maximum absolute atomic E-state index is 12.9. The summed E-state index contributed by atoms with van der Waals surface area (Å²) in [6.07, 6.45) is 0.878. The van der Waals surface area contributed by atoms with Gasteiger partial charge in [-0.2, -0.15) is 5.10 Å². The number of rotatable bonds is 14. The van der Waals surface area contributed by atoms with Crippen molar-refractivity contribution in [3.05, 3.63) is 49.5 Å². The third kappa shape index (κ3) is 10.7. The number of benzene rings is 2. The Hall–Kier alpha value is -2.77. The molecule has 0 radical (unpaired) electrons. The second-order valence-corrected chi connectivity index (χ2v) is 10.9. The molecule has 0 heterocycles. The van der Waals surface area contributed by atoms with Crippen LogP contribution in [0.25, 0.3) is 0 Å². The Morgan fingerprint density at radius 3 is 2.42 bits per heavy atom. The zero-order chi connectivity index (χ0) is 29.8. The number of nitrogens with zero attached hydrogens (tertiary/aromatic N) is 1. The summed E-state index contributed by atoms with van der Waals surface area (Å²) in [4.78, 5) is 37.4. The minimum Gasteiger partial charge on any atom is -0.493 e. The third-order valence-electron chi connectivity index (χ3n) is 5.19. The summed E-state index contributed by atoms with van der Waals surface area (Å²) >= 11 is 14.1. The number of esters is 1. The molecule has 2 N–H and O–H groups in total. The van der Waals surface area contributed by atoms with Gasteiger partial charge in [0.25, 0.3) is 11.8 Å². The first kappa shape index (κ1) is 33.4. The largest absolute Gasteiger partial charge is 0.493 e. The second-order valence-electron chi connectivity index (χ2n) is 8.89. The molecule has 10 nitrogen and oxygen atoms in total. The molecular weight excluding hydrogens is 676 g/mol. The predicted molar refractivity (Wildman–Crippen MR) is 162 cm³/mol. The Kier molecular flexibility index (Phi) is 13.8. The highest BCUT2D eigenvalue weighted by Crippen LogP contribution is 2.33. The minimum atomic E-state index is -0.927. The second kappa shape index (κ2) is 16.5. The highest BCUT2D eigenvalue weighted by atomic mass is 127. The summed E-state index contributed by atoms with van der Waals surface area (Å²) in [5, 5.41) is 7.47. The van der Waals surface area contributed by atoms with E-state index in [0.717, 1.165) is 0 Å². The lowest BCUT2D eigenvalue weighted by atomic mass is 10.0. The molecule has 218 valence electrons. The van der Waals surface area contributed by atoms with Gasteiger partial charge in [0.1, 0.15) is 11.8 Å². The lowest BCUT2D eigenvalue weighted by molar-refractivity contribution is -0.145. The van der Waals surface area contributed by atoms with E-state index in [1.165, 1.54) is 19.4 Å². The Morgan fingerprint density at radius 1 is 1.07 bits per heavy atom. The third-order valence-corrected chi connectivity index (χ3v) is 6.52. The molecule has 0 spiro atoms. The average Bonchev–Trinajstić information content (AvgIpc) is 2.88. The molecule has 2 aromatic rings. The predicted octanol–water partition coefficient (Wildman–Crippen LogP) is 5.00. The van der Waals surface area contributed by atoms with Gasteiger partial charge in [-0.25, -0.2) is 10.2 Å². The van der Waals surface area contributed by atoms with Gasteiger partial charge in [0, 0.05) is 5.02 Å². The van der Waals surface area contributed by atoms with E-state index < -0.39 is 29.9 Å². The van der Waals surface area contributed by atoms with Gasteiger partial charge < -0.3 is 24.3 Å². The van der Waals surface area contributed by atoms with Crippen molar-refractivity contribution in [1.29, 1.82) is 0 Å². The van der Waals surface area contributed by atoms with Gasteiger partial charge >= 0.3 is 5.97 Å². The molecule has 0 aliphatic rings. The first-order chi connectivity index (χ1) is 18.9. The standard InChI is InChI=1S/C27H32Cl2IN3O7/c1-6-38-24(34)14-39-25-20(30)10-17(11-23(25)37-5)13-31-33-27(36)21(9-15(2)3)32-26(35)16(4)40-22-8-7-18(28)12-19(22)29/h7-8,10-13,15-16,21H,6,9,14H2,1-5H3,(H,32,35)(H,33,36)/b31-13-/t16-,21-/m1/s1. The van der Waals surface area contributed by atoms with E-state index in [4.69, 9.17) is 42.1 Å². The van der Waals surface area contributed by atoms with Crippen LogP contribution in [0.15, 0.2) is 35.4 Å². The summed E-state index contributed by atoms with van der Waals surface area (Å²) in [6, 6.07) is 7.21. The molecule has 0 unspecified atom stereocenters. The SMILES string of the molecule is CCOC(=O)COc1c(I)cc(/C=N\NC(=O)[C@@H](CC(C)C)NC(=O)[C@@H](C)Oc2ccc(Cl)cc2Cl)cc1OC. The van der Waals surface area contributed by atoms with Crippen LogP contribution in [0.2, 0.25) is 10.0 Å². The van der Waals surface area contributed by atoms with Crippen molar-refractivity contribution in [3.8, 4) is 17.2 Å². The first-order valence-electron chi connectivity index (χ1n) is 12.4. The quantitative estimate of drug-likeness (QED) is 0.123. The van der Waals surface area contributed by atoms with Crippen LogP contribution in [0.5, 0.6) is 17.2 Å². The lowest BCUT2D eigenvalue weighted by Crippen LogP contribution is -2.49. The molecule has 13 heteroatoms. The topological polar surface area (TPSA) is 125 Å². The molecule has 2 aromatic carbocycles. The molecule has 0 aliphatic carbocycles. The zero-order valence-electron chi connectivity index (χ0n) is 22.8. The maximum atomic E-state index is 12.9. The monoisotopic (exact) mass is 707 g/mol. The number of methoxy groups -OCH3 is 1. The van der Waals surface area contributed by atoms with Crippen molar-refractivity contribution in [1.82, 2.24) is 10.7 Å². The Morgan fingerprint density at radius 2 is 1.80 bits per heavy atom. The number of amides is 2. The number of halogens is 3. The highest BCUT2D eigenvalue weighted by Gasteiger charge is 2.25. The summed E-state index contributed by atoms with van der Waals surface area (Å²) in [7, 11) is 1.47. The van der Waals surface area contributed by atoms with E-state index >= 15 is 0 Å². The Balaban J connectivity index is 2.06. The van der Waals surface area contributed by atoms with Crippen LogP contribution >= 0.6 is 45.8 Å². The fourth-order valence-corrected chi connectivity index (χ4v) is 4.58. The van der Waals surface area contributed by atoms with E-state index in [9.17, 15) is 14.4 Å². The lowest BCUT2D eigenvalue weighted by Gasteiger charge is -2.22. The minimum absolute atomic E-state index is 0.106. The normalized spacial score (nSPS) is 12.5. The van der Waals surface area contributed by atoms with Crippen molar-refractivity contribution in [3.63, 3.8) is 0 Å². The highest BCUT2D eigenvalue weighted by molar-refractivity contribution is 14.1. The summed E-state index contributed by atoms with van der Waals surface area (Å²) in [6.45, 7) is 7.12. The Labute approximate surface area is 257 Å². The Bertz CT molecular complexity index is 1230. The number of ether oxygens (including phenoxy) is 4. The zero-order valence-corrected chi connectivity index (χ0v) is 26.4. The smallest absolute Gasteiger partial charge is 0.344 e. The van der Waals surface area contributed by atoms with Crippen LogP contribution in [0.1, 0.15) is 39.7 Å². The van der Waals surface area contributed by atoms with Gasteiger partial charge in [-0.05, 0) is 84.7 Å². The molecule has 0 saturated heterocycles. The summed E-state index contributed by atoms with van der Waals surface area (Å²) < 4.78 is 22.1. The maximum Gasteiger partial charge on any atom is 0.344 e. The first-order valence-corrected chi connectivity index (χ1v) is 14.2. The number of hydrazone groups is 1. The van der Waals surface area contributed by atoms with Crippen molar-refractivity contribution in [2.24, 2.45) is 11.0 Å². The van der Waals surface area contributed by atoms with Crippen LogP contribution in [-0.4, -0.2) is 56.5 Å². The fourth-order valence-electron chi connectivity index (χ4n) is 3.34. The van der Waals surface area contributed by atoms with Crippen LogP contribution in [0.4, 0.5) is 0 Å². The number of hydrogen-bond acceptors (Lipinski definition) is 8. The van der Waals surface area contributed by atoms with Gasteiger partial charge in [-0.15, -0.1) is 0 Å². The molecular formula is C27H32Cl2IN3O7. The summed E-state index contributed by atoms with van der Waals surface area (Å²) in [5.74, 6) is -0.316. The van der Waals surface area contributed by atoms with E-state index in [-0.39, 0.29) is 24.2 Å². The molecule has 2 rings (SSSR count). The molecule has 2 amide bonds. The molecule has 0 aromatic heterocycles. The van der Waals surface area contributed by atoms with Crippen molar-refractivity contribution >= 4 is 69.8 Å². The molecule has 0 fully saturated rings. The molecule has 0 bridgehead atoms. The van der Waals surface area contributed by atoms with E-state index in [0.29, 0.717) is 37.8 Å². The van der Waals surface area contributed by atoms with Crippen LogP contribution in [0, 0.1) is 9.49 Å². The number of carbonyl (C=O) groups excluding carboxylic acids is 3. The molecule has 0 saturated carbocycles. The van der Waals surface area contributed by atoms with Gasteiger partial charge in [-0.3, -0.25) is 9.59 Å². The fraction of sp³-hybridized carbons (Fsp3) is 0.407. The van der Waals surface area contributed by atoms with Gasteiger partial charge in [0.15, 0.2) is 24.2 Å². The van der Waals surface area contributed by atoms with Crippen molar-refractivity contribution < 1.29 is 33.3 Å². The van der Waals surface area contributed by atoms with Gasteiger partial charge in [-0.1, -0.05) is 37.0 Å². The molecule has 0 aliphatic heterocycles. The summed E-state index contributed by atoms with van der Waals surface area (Å²) in [5.41, 5.74) is 3.08. The van der Waals surface area contributed by atoms with Crippen molar-refractivity contribution in [2.75, 3.05) is 20.3 Å². The molecule has 40 heavy (non-hydrogen) atoms. The van der Waals surface area contributed by atoms with E-state index in [1.54, 1.807) is 38.1 Å². The average molecular weight is 708 g/mol. The van der Waals surface area contributed by atoms with Gasteiger partial charge in [0.05, 0.1) is 28.5 Å². The molecule has 2 atom stereocenters. The number of nitrogens with one attached hydrogen (secondary N) is 2. The van der Waals surface area contributed by atoms with E-state index in [2.05, 4.69) is 15.8 Å². The van der Waals surface area contributed by atoms with Gasteiger partial charge in [0.2, 0.25) is 0 Å². The van der Waals surface area contributed by atoms with Crippen LogP contribution in [0.3, 0.4) is 0 Å². The van der Waals surface area contributed by atoms with E-state index in [1.807, 2.05) is 36.4 Å².